The Labute approximate surface area is 112 Å². The minimum Gasteiger partial charge on any atom is -0.361 e. The van der Waals surface area contributed by atoms with Crippen molar-refractivity contribution in [1.82, 2.24) is 4.98 Å². The number of carbonyl (C=O) groups excluding carboxylic acids is 1. The summed E-state index contributed by atoms with van der Waals surface area (Å²) in [5, 5.41) is 1.27. The molecule has 1 aromatic carbocycles. The number of rotatable bonds is 3. The molecule has 1 aliphatic carbocycles. The Kier molecular flexibility index (Phi) is 3.08. The topological polar surface area (TPSA) is 32.9 Å². The molecule has 0 fully saturated rings. The molecule has 2 aromatic rings. The number of benzene rings is 1. The highest BCUT2D eigenvalue weighted by Gasteiger charge is 2.19. The first-order valence-electron chi connectivity index (χ1n) is 6.70. The number of nitrogens with one attached hydrogen (secondary N) is 1. The summed E-state index contributed by atoms with van der Waals surface area (Å²) in [4.78, 5) is 15.3. The minimum absolute atomic E-state index is 0.0404. The Morgan fingerprint density at radius 3 is 3.00 bits per heavy atom. The second-order valence-electron chi connectivity index (χ2n) is 5.10. The van der Waals surface area contributed by atoms with Crippen molar-refractivity contribution < 1.29 is 4.79 Å². The largest absolute Gasteiger partial charge is 0.361 e. The number of H-pyrrole nitrogens is 1. The molecule has 1 N–H and O–H groups in total. The summed E-state index contributed by atoms with van der Waals surface area (Å²) in [6, 6.07) is 8.30. The van der Waals surface area contributed by atoms with Gasteiger partial charge < -0.3 is 4.98 Å². The van der Waals surface area contributed by atoms with Crippen LogP contribution in [0.5, 0.6) is 0 Å². The third-order valence-electron chi connectivity index (χ3n) is 3.81. The van der Waals surface area contributed by atoms with Gasteiger partial charge in [0, 0.05) is 23.0 Å². The van der Waals surface area contributed by atoms with Gasteiger partial charge in [-0.05, 0) is 37.0 Å². The van der Waals surface area contributed by atoms with Gasteiger partial charge >= 0.3 is 0 Å². The van der Waals surface area contributed by atoms with Gasteiger partial charge in [-0.3, -0.25) is 4.79 Å². The van der Waals surface area contributed by atoms with Gasteiger partial charge in [-0.15, -0.1) is 0 Å². The molecular weight excluding hydrogens is 234 g/mol. The SMILES string of the molecule is CC1=CC=CC(CCc2c[nH]c3ccccc23)C1=O. The van der Waals surface area contributed by atoms with Crippen molar-refractivity contribution >= 4 is 16.7 Å². The highest BCUT2D eigenvalue weighted by Crippen LogP contribution is 2.23. The Balaban J connectivity index is 1.75. The van der Waals surface area contributed by atoms with Crippen LogP contribution < -0.4 is 0 Å². The van der Waals surface area contributed by atoms with E-state index in [0.717, 1.165) is 18.4 Å². The second-order valence-corrected chi connectivity index (χ2v) is 5.10. The Hall–Kier alpha value is -2.09. The molecule has 1 unspecified atom stereocenters. The van der Waals surface area contributed by atoms with Gasteiger partial charge in [0.15, 0.2) is 5.78 Å². The maximum absolute atomic E-state index is 12.0. The number of fused-ring (bicyclic) bond motifs is 1. The zero-order valence-corrected chi connectivity index (χ0v) is 11.0. The number of aromatic amines is 1. The smallest absolute Gasteiger partial charge is 0.165 e. The molecule has 1 atom stereocenters. The Morgan fingerprint density at radius 2 is 2.11 bits per heavy atom. The van der Waals surface area contributed by atoms with E-state index in [4.69, 9.17) is 0 Å². The summed E-state index contributed by atoms with van der Waals surface area (Å²) < 4.78 is 0. The Morgan fingerprint density at radius 1 is 1.26 bits per heavy atom. The van der Waals surface area contributed by atoms with Crippen molar-refractivity contribution in [3.8, 4) is 0 Å². The number of Topliss-reactive ketones (excluding diaryl/α,β-unsaturated/α-hetero) is 1. The number of allylic oxidation sites excluding steroid dienone is 4. The lowest BCUT2D eigenvalue weighted by atomic mass is 9.88. The van der Waals surface area contributed by atoms with Gasteiger partial charge in [0.05, 0.1) is 0 Å². The summed E-state index contributed by atoms with van der Waals surface area (Å²) in [7, 11) is 0. The van der Waals surface area contributed by atoms with Gasteiger partial charge in [-0.25, -0.2) is 0 Å². The summed E-state index contributed by atoms with van der Waals surface area (Å²) in [5.74, 6) is 0.306. The number of para-hydroxylation sites is 1. The predicted octanol–water partition coefficient (Wildman–Crippen LogP) is 3.80. The first-order valence-corrected chi connectivity index (χ1v) is 6.70. The van der Waals surface area contributed by atoms with Crippen LogP contribution in [0.4, 0.5) is 0 Å². The molecule has 0 saturated carbocycles. The van der Waals surface area contributed by atoms with Gasteiger partial charge in [-0.2, -0.15) is 0 Å². The first-order chi connectivity index (χ1) is 9.25. The van der Waals surface area contributed by atoms with E-state index >= 15 is 0 Å². The van der Waals surface area contributed by atoms with Crippen LogP contribution in [0.3, 0.4) is 0 Å². The van der Waals surface area contributed by atoms with E-state index in [1.54, 1.807) is 0 Å². The molecule has 1 aliphatic rings. The van der Waals surface area contributed by atoms with Crippen LogP contribution in [0.15, 0.2) is 54.3 Å². The zero-order valence-electron chi connectivity index (χ0n) is 11.0. The minimum atomic E-state index is 0.0404. The molecule has 3 rings (SSSR count). The third kappa shape index (κ3) is 2.26. The lowest BCUT2D eigenvalue weighted by Crippen LogP contribution is -2.16. The molecule has 0 bridgehead atoms. The van der Waals surface area contributed by atoms with E-state index in [2.05, 4.69) is 29.4 Å². The molecule has 2 heteroatoms. The molecule has 19 heavy (non-hydrogen) atoms. The standard InChI is InChI=1S/C17H17NO/c1-12-5-4-6-13(17(12)19)9-10-14-11-18-16-8-3-2-7-15(14)16/h2-8,11,13,18H,9-10H2,1H3. The molecule has 2 nitrogen and oxygen atoms in total. The van der Waals surface area contributed by atoms with Crippen LogP contribution in [-0.2, 0) is 11.2 Å². The van der Waals surface area contributed by atoms with Gasteiger partial charge in [0.2, 0.25) is 0 Å². The van der Waals surface area contributed by atoms with Crippen LogP contribution in [0.2, 0.25) is 0 Å². The molecule has 0 saturated heterocycles. The number of hydrogen-bond acceptors (Lipinski definition) is 1. The normalized spacial score (nSPS) is 18.9. The fraction of sp³-hybridized carbons (Fsp3) is 0.235. The van der Waals surface area contributed by atoms with E-state index in [1.165, 1.54) is 16.5 Å². The quantitative estimate of drug-likeness (QED) is 0.884. The van der Waals surface area contributed by atoms with E-state index in [-0.39, 0.29) is 11.7 Å². The molecule has 0 aliphatic heterocycles. The van der Waals surface area contributed by atoms with E-state index < -0.39 is 0 Å². The fourth-order valence-electron chi connectivity index (χ4n) is 2.67. The van der Waals surface area contributed by atoms with E-state index in [1.807, 2.05) is 31.2 Å². The molecule has 1 heterocycles. The van der Waals surface area contributed by atoms with Crippen LogP contribution in [0, 0.1) is 5.92 Å². The third-order valence-corrected chi connectivity index (χ3v) is 3.81. The second kappa shape index (κ2) is 4.88. The molecular formula is C17H17NO. The number of carbonyl (C=O) groups is 1. The maximum Gasteiger partial charge on any atom is 0.165 e. The van der Waals surface area contributed by atoms with Crippen LogP contribution >= 0.6 is 0 Å². The molecule has 96 valence electrons. The number of aromatic nitrogens is 1. The maximum atomic E-state index is 12.0. The average Bonchev–Trinajstić information content (AvgIpc) is 2.84. The van der Waals surface area contributed by atoms with Crippen LogP contribution in [0.25, 0.3) is 10.9 Å². The van der Waals surface area contributed by atoms with Crippen molar-refractivity contribution in [3.05, 3.63) is 59.8 Å². The highest BCUT2D eigenvalue weighted by atomic mass is 16.1. The predicted molar refractivity (Wildman–Crippen MR) is 78.0 cm³/mol. The molecule has 0 radical (unpaired) electrons. The average molecular weight is 251 g/mol. The number of aryl methyl sites for hydroxylation is 1. The molecule has 0 spiro atoms. The molecule has 0 amide bonds. The van der Waals surface area contributed by atoms with Crippen molar-refractivity contribution in [1.29, 1.82) is 0 Å². The summed E-state index contributed by atoms with van der Waals surface area (Å²) in [5.41, 5.74) is 3.33. The van der Waals surface area contributed by atoms with Gasteiger partial charge in [0.25, 0.3) is 0 Å². The first kappa shape index (κ1) is 12.0. The van der Waals surface area contributed by atoms with Crippen LogP contribution in [0.1, 0.15) is 18.9 Å². The van der Waals surface area contributed by atoms with E-state index in [0.29, 0.717) is 0 Å². The fourth-order valence-corrected chi connectivity index (χ4v) is 2.67. The van der Waals surface area contributed by atoms with Crippen molar-refractivity contribution in [2.45, 2.75) is 19.8 Å². The van der Waals surface area contributed by atoms with Crippen molar-refractivity contribution in [2.75, 3.05) is 0 Å². The van der Waals surface area contributed by atoms with Gasteiger partial charge in [0.1, 0.15) is 0 Å². The number of ketones is 1. The van der Waals surface area contributed by atoms with E-state index in [9.17, 15) is 4.79 Å². The van der Waals surface area contributed by atoms with Crippen molar-refractivity contribution in [2.24, 2.45) is 5.92 Å². The lowest BCUT2D eigenvalue weighted by Gasteiger charge is -2.14. The highest BCUT2D eigenvalue weighted by molar-refractivity contribution is 5.99. The van der Waals surface area contributed by atoms with Crippen LogP contribution in [-0.4, -0.2) is 10.8 Å². The zero-order chi connectivity index (χ0) is 13.2. The number of hydrogen-bond donors (Lipinski definition) is 1. The summed E-state index contributed by atoms with van der Waals surface area (Å²) in [6.07, 6.45) is 9.77. The van der Waals surface area contributed by atoms with Crippen molar-refractivity contribution in [3.63, 3.8) is 0 Å². The Bertz CT molecular complexity index is 675. The summed E-state index contributed by atoms with van der Waals surface area (Å²) in [6.45, 7) is 1.89. The van der Waals surface area contributed by atoms with Gasteiger partial charge in [-0.1, -0.05) is 36.4 Å². The monoisotopic (exact) mass is 251 g/mol. The lowest BCUT2D eigenvalue weighted by molar-refractivity contribution is -0.118. The summed E-state index contributed by atoms with van der Waals surface area (Å²) >= 11 is 0. The molecule has 1 aromatic heterocycles.